The van der Waals surface area contributed by atoms with Crippen LogP contribution in [-0.4, -0.2) is 18.9 Å². The van der Waals surface area contributed by atoms with Gasteiger partial charge in [-0.15, -0.1) is 0 Å². The molecule has 4 rings (SSSR count). The maximum Gasteiger partial charge on any atom is 0.508 e. The normalized spacial score (nSPS) is 34.7. The minimum Gasteiger partial charge on any atom is -0.434 e. The molecule has 0 amide bonds. The zero-order valence-corrected chi connectivity index (χ0v) is 28.7. The first-order valence-electron chi connectivity index (χ1n) is 18.7. The van der Waals surface area contributed by atoms with Crippen molar-refractivity contribution in [3.8, 4) is 0 Å². The number of rotatable bonds is 16. The molecule has 3 heteroatoms. The fraction of sp³-hybridized carbons (Fsp3) is 0.923. The summed E-state index contributed by atoms with van der Waals surface area (Å²) >= 11 is 0. The molecular formula is C39H68O3. The van der Waals surface area contributed by atoms with Crippen LogP contribution in [0.4, 0.5) is 4.79 Å². The minimum absolute atomic E-state index is 0.00657. The molecule has 3 nitrogen and oxygen atoms in total. The molecule has 0 aliphatic heterocycles. The zero-order chi connectivity index (χ0) is 30.2. The van der Waals surface area contributed by atoms with Crippen molar-refractivity contribution in [2.24, 2.45) is 46.3 Å². The molecule has 0 heterocycles. The minimum atomic E-state index is -0.439. The number of hydrogen-bond acceptors (Lipinski definition) is 3. The molecule has 42 heavy (non-hydrogen) atoms. The van der Waals surface area contributed by atoms with Gasteiger partial charge in [0.2, 0.25) is 0 Å². The monoisotopic (exact) mass is 585 g/mol. The molecule has 8 atom stereocenters. The summed E-state index contributed by atoms with van der Waals surface area (Å²) < 4.78 is 11.4. The first-order valence-corrected chi connectivity index (χ1v) is 18.7. The first-order chi connectivity index (χ1) is 20.2. The highest BCUT2D eigenvalue weighted by molar-refractivity contribution is 5.60. The molecule has 0 aromatic heterocycles. The molecule has 3 fully saturated rings. The Morgan fingerprint density at radius 1 is 0.857 bits per heavy atom. The number of ether oxygens (including phenoxy) is 2. The van der Waals surface area contributed by atoms with Gasteiger partial charge in [0.25, 0.3) is 0 Å². The Morgan fingerprint density at radius 3 is 2.29 bits per heavy atom. The summed E-state index contributed by atoms with van der Waals surface area (Å²) in [6.07, 6.45) is 27.9. The van der Waals surface area contributed by atoms with Crippen molar-refractivity contribution >= 4 is 6.16 Å². The maximum atomic E-state index is 12.5. The van der Waals surface area contributed by atoms with Crippen molar-refractivity contribution < 1.29 is 14.3 Å². The van der Waals surface area contributed by atoms with Gasteiger partial charge in [0, 0.05) is 6.42 Å². The third-order valence-electron chi connectivity index (χ3n) is 13.0. The smallest absolute Gasteiger partial charge is 0.434 e. The molecule has 4 aliphatic rings. The van der Waals surface area contributed by atoms with E-state index >= 15 is 0 Å². The van der Waals surface area contributed by atoms with Crippen molar-refractivity contribution in [3.63, 3.8) is 0 Å². The summed E-state index contributed by atoms with van der Waals surface area (Å²) in [6.45, 7) is 15.3. The Balaban J connectivity index is 1.21. The average molecular weight is 585 g/mol. The van der Waals surface area contributed by atoms with Crippen LogP contribution in [0.2, 0.25) is 0 Å². The Kier molecular flexibility index (Phi) is 12.8. The number of allylic oxidation sites excluding steroid dienone is 1. The number of carbonyl (C=O) groups is 1. The summed E-state index contributed by atoms with van der Waals surface area (Å²) in [5.74, 6) is 5.18. The van der Waals surface area contributed by atoms with Crippen molar-refractivity contribution in [1.29, 1.82) is 0 Å². The summed E-state index contributed by atoms with van der Waals surface area (Å²) in [4.78, 5) is 12.5. The molecule has 0 radical (unpaired) electrons. The van der Waals surface area contributed by atoms with Crippen LogP contribution in [-0.2, 0) is 9.47 Å². The molecule has 0 N–H and O–H groups in total. The molecule has 0 aromatic carbocycles. The van der Waals surface area contributed by atoms with Crippen molar-refractivity contribution in [2.45, 2.75) is 176 Å². The van der Waals surface area contributed by atoms with Gasteiger partial charge in [0.1, 0.15) is 6.10 Å². The van der Waals surface area contributed by atoms with E-state index in [0.717, 1.165) is 67.6 Å². The van der Waals surface area contributed by atoms with Crippen LogP contribution in [0.1, 0.15) is 170 Å². The summed E-state index contributed by atoms with van der Waals surface area (Å²) in [5.41, 5.74) is 2.43. The van der Waals surface area contributed by atoms with E-state index < -0.39 is 6.16 Å². The van der Waals surface area contributed by atoms with Crippen LogP contribution in [0.25, 0.3) is 0 Å². The number of unbranched alkanes of at least 4 members (excludes halogenated alkanes) is 8. The van der Waals surface area contributed by atoms with Gasteiger partial charge in [-0.1, -0.05) is 124 Å². The molecule has 242 valence electrons. The van der Waals surface area contributed by atoms with Gasteiger partial charge in [-0.2, -0.15) is 0 Å². The Labute approximate surface area is 260 Å². The third-order valence-corrected chi connectivity index (χ3v) is 13.0. The molecule has 0 unspecified atom stereocenters. The lowest BCUT2D eigenvalue weighted by Crippen LogP contribution is -2.51. The second kappa shape index (κ2) is 15.8. The van der Waals surface area contributed by atoms with Crippen molar-refractivity contribution in [1.82, 2.24) is 0 Å². The number of carbonyl (C=O) groups excluding carboxylic acids is 1. The van der Waals surface area contributed by atoms with E-state index in [4.69, 9.17) is 9.47 Å². The van der Waals surface area contributed by atoms with E-state index in [1.165, 1.54) is 96.3 Å². The molecule has 3 saturated carbocycles. The highest BCUT2D eigenvalue weighted by atomic mass is 16.7. The number of fused-ring (bicyclic) bond motifs is 5. The zero-order valence-electron chi connectivity index (χ0n) is 28.7. The van der Waals surface area contributed by atoms with Crippen LogP contribution in [0, 0.1) is 46.3 Å². The Bertz CT molecular complexity index is 862. The Hall–Kier alpha value is -0.990. The molecule has 0 saturated heterocycles. The van der Waals surface area contributed by atoms with Gasteiger partial charge >= 0.3 is 6.16 Å². The second-order valence-electron chi connectivity index (χ2n) is 16.2. The predicted octanol–water partition coefficient (Wildman–Crippen LogP) is 12.1. The fourth-order valence-electron chi connectivity index (χ4n) is 10.5. The predicted molar refractivity (Wildman–Crippen MR) is 176 cm³/mol. The SMILES string of the molecule is CCCCCCCCCCCOC(=O)O[C@H]1CC[C@@]2(C)C(=CC[C@H]3[C@@H]4CC[C@H]([C@H](C)CCCC(C)C)[C@@]4(C)CC[C@@H]32)C1. The molecular weight excluding hydrogens is 516 g/mol. The average Bonchev–Trinajstić information content (AvgIpc) is 3.31. The lowest BCUT2D eigenvalue weighted by atomic mass is 9.47. The molecule has 0 aromatic rings. The van der Waals surface area contributed by atoms with Crippen LogP contribution >= 0.6 is 0 Å². The van der Waals surface area contributed by atoms with Crippen LogP contribution in [0.5, 0.6) is 0 Å². The highest BCUT2D eigenvalue weighted by Gasteiger charge is 2.59. The van der Waals surface area contributed by atoms with Gasteiger partial charge in [-0.05, 0) is 97.7 Å². The van der Waals surface area contributed by atoms with Crippen molar-refractivity contribution in [3.05, 3.63) is 11.6 Å². The van der Waals surface area contributed by atoms with Gasteiger partial charge < -0.3 is 9.47 Å². The van der Waals surface area contributed by atoms with Crippen molar-refractivity contribution in [2.75, 3.05) is 6.61 Å². The third kappa shape index (κ3) is 8.18. The summed E-state index contributed by atoms with van der Waals surface area (Å²) in [6, 6.07) is 0. The second-order valence-corrected chi connectivity index (χ2v) is 16.2. The van der Waals surface area contributed by atoms with Gasteiger partial charge in [0.05, 0.1) is 6.61 Å². The quantitative estimate of drug-likeness (QED) is 0.103. The van der Waals surface area contributed by atoms with E-state index in [-0.39, 0.29) is 6.10 Å². The Morgan fingerprint density at radius 2 is 1.57 bits per heavy atom. The number of hydrogen-bond donors (Lipinski definition) is 0. The molecule has 0 bridgehead atoms. The van der Waals surface area contributed by atoms with Crippen LogP contribution in [0.15, 0.2) is 11.6 Å². The molecule has 4 aliphatic carbocycles. The van der Waals surface area contributed by atoms with E-state index in [1.807, 2.05) is 0 Å². The van der Waals surface area contributed by atoms with E-state index in [9.17, 15) is 4.79 Å². The standard InChI is InChI=1S/C39H68O3/c1-7-8-9-10-11-12-13-14-15-27-41-37(40)42-32-23-25-38(5)31(28-32)19-20-33-35-22-21-34(30(4)18-16-17-29(2)3)39(35,6)26-24-36(33)38/h19,29-30,32-36H,7-18,20-28H2,1-6H3/t30-,32+,33+,34-,35+,36+,38+,39-/m1/s1. The lowest BCUT2D eigenvalue weighted by Gasteiger charge is -2.58. The summed E-state index contributed by atoms with van der Waals surface area (Å²) in [7, 11) is 0. The van der Waals surface area contributed by atoms with E-state index in [2.05, 4.69) is 47.6 Å². The lowest BCUT2D eigenvalue weighted by molar-refractivity contribution is -0.0617. The van der Waals surface area contributed by atoms with Gasteiger partial charge in [-0.3, -0.25) is 0 Å². The van der Waals surface area contributed by atoms with Crippen LogP contribution in [0.3, 0.4) is 0 Å². The first kappa shape index (κ1) is 33.9. The topological polar surface area (TPSA) is 35.5 Å². The largest absolute Gasteiger partial charge is 0.508 e. The van der Waals surface area contributed by atoms with Gasteiger partial charge in [-0.25, -0.2) is 4.79 Å². The van der Waals surface area contributed by atoms with Gasteiger partial charge in [0.15, 0.2) is 0 Å². The summed E-state index contributed by atoms with van der Waals surface area (Å²) in [5, 5.41) is 0. The van der Waals surface area contributed by atoms with Crippen LogP contribution < -0.4 is 0 Å². The highest BCUT2D eigenvalue weighted by Crippen LogP contribution is 2.67. The maximum absolute atomic E-state index is 12.5. The van der Waals surface area contributed by atoms with E-state index in [1.54, 1.807) is 5.57 Å². The van der Waals surface area contributed by atoms with E-state index in [0.29, 0.717) is 17.4 Å². The molecule has 0 spiro atoms. The fourth-order valence-corrected chi connectivity index (χ4v) is 10.5.